The Hall–Kier alpha value is -0.0800. The summed E-state index contributed by atoms with van der Waals surface area (Å²) in [6.45, 7) is 5.65. The number of unbranched alkanes of at least 4 members (excludes halogenated alkanes) is 1. The van der Waals surface area contributed by atoms with E-state index in [2.05, 4.69) is 6.92 Å². The van der Waals surface area contributed by atoms with Gasteiger partial charge in [0.05, 0.1) is 6.61 Å². The summed E-state index contributed by atoms with van der Waals surface area (Å²) < 4.78 is 5.21. The smallest absolute Gasteiger partial charge is 0.0614 e. The van der Waals surface area contributed by atoms with E-state index in [1.54, 1.807) is 0 Å². The zero-order chi connectivity index (χ0) is 7.11. The van der Waals surface area contributed by atoms with Gasteiger partial charge in [-0.3, -0.25) is 0 Å². The summed E-state index contributed by atoms with van der Waals surface area (Å²) in [5.74, 6) is 0. The lowest BCUT2D eigenvalue weighted by Crippen LogP contribution is -2.21. The van der Waals surface area contributed by atoms with Crippen LogP contribution in [0.1, 0.15) is 26.7 Å². The Morgan fingerprint density at radius 3 is 2.67 bits per heavy atom. The van der Waals surface area contributed by atoms with Crippen molar-refractivity contribution in [2.24, 2.45) is 5.73 Å². The summed E-state index contributed by atoms with van der Waals surface area (Å²) in [7, 11) is 0. The van der Waals surface area contributed by atoms with Gasteiger partial charge in [-0.15, -0.1) is 0 Å². The van der Waals surface area contributed by atoms with Gasteiger partial charge in [-0.05, 0) is 13.3 Å². The molecule has 2 N–H and O–H groups in total. The Labute approximate surface area is 57.4 Å². The average Bonchev–Trinajstić information content (AvgIpc) is 1.80. The van der Waals surface area contributed by atoms with E-state index in [9.17, 15) is 0 Å². The Kier molecular flexibility index (Phi) is 5.99. The quantitative estimate of drug-likeness (QED) is 0.568. The van der Waals surface area contributed by atoms with Crippen LogP contribution in [0.3, 0.4) is 0 Å². The zero-order valence-corrected chi connectivity index (χ0v) is 6.39. The summed E-state index contributed by atoms with van der Waals surface area (Å²) in [5.41, 5.74) is 5.45. The van der Waals surface area contributed by atoms with Crippen LogP contribution in [0.25, 0.3) is 0 Å². The van der Waals surface area contributed by atoms with Crippen molar-refractivity contribution in [3.05, 3.63) is 0 Å². The molecule has 0 bridgehead atoms. The second-order valence-corrected chi connectivity index (χ2v) is 2.41. The van der Waals surface area contributed by atoms with E-state index in [1.807, 2.05) is 6.92 Å². The largest absolute Gasteiger partial charge is 0.380 e. The standard InChI is InChI=1S/C7H17NO/c1-3-4-5-9-6-7(2)8/h7H,3-6,8H2,1-2H3/t7-/m0/s1. The molecule has 0 aliphatic carbocycles. The summed E-state index contributed by atoms with van der Waals surface area (Å²) in [5, 5.41) is 0. The highest BCUT2D eigenvalue weighted by Gasteiger charge is 1.91. The van der Waals surface area contributed by atoms with Crippen molar-refractivity contribution in [2.75, 3.05) is 13.2 Å². The van der Waals surface area contributed by atoms with Crippen LogP contribution >= 0.6 is 0 Å². The number of hydrogen-bond acceptors (Lipinski definition) is 2. The Bertz CT molecular complexity index is 54.9. The predicted molar refractivity (Wildman–Crippen MR) is 39.4 cm³/mol. The monoisotopic (exact) mass is 131 g/mol. The molecule has 0 heterocycles. The lowest BCUT2D eigenvalue weighted by molar-refractivity contribution is 0.122. The first-order valence-corrected chi connectivity index (χ1v) is 3.60. The minimum absolute atomic E-state index is 0.182. The van der Waals surface area contributed by atoms with E-state index in [0.29, 0.717) is 6.61 Å². The number of nitrogens with two attached hydrogens (primary N) is 1. The lowest BCUT2D eigenvalue weighted by atomic mass is 10.3. The Morgan fingerprint density at radius 1 is 1.56 bits per heavy atom. The molecular formula is C7H17NO. The molecule has 1 atom stereocenters. The third-order valence-electron chi connectivity index (χ3n) is 1.02. The molecule has 0 saturated carbocycles. The first-order chi connectivity index (χ1) is 4.27. The van der Waals surface area contributed by atoms with E-state index < -0.39 is 0 Å². The van der Waals surface area contributed by atoms with Gasteiger partial charge in [-0.25, -0.2) is 0 Å². The van der Waals surface area contributed by atoms with Gasteiger partial charge in [0.25, 0.3) is 0 Å². The Morgan fingerprint density at radius 2 is 2.22 bits per heavy atom. The van der Waals surface area contributed by atoms with Gasteiger partial charge in [-0.1, -0.05) is 13.3 Å². The highest BCUT2D eigenvalue weighted by atomic mass is 16.5. The minimum Gasteiger partial charge on any atom is -0.380 e. The third-order valence-corrected chi connectivity index (χ3v) is 1.02. The molecule has 0 aromatic carbocycles. The van der Waals surface area contributed by atoms with Crippen LogP contribution in [-0.2, 0) is 4.74 Å². The maximum Gasteiger partial charge on any atom is 0.0614 e. The molecule has 0 amide bonds. The molecule has 2 nitrogen and oxygen atoms in total. The fourth-order valence-electron chi connectivity index (χ4n) is 0.516. The molecule has 0 aliphatic rings. The molecule has 9 heavy (non-hydrogen) atoms. The molecule has 0 spiro atoms. The number of hydrogen-bond donors (Lipinski definition) is 1. The minimum atomic E-state index is 0.182. The van der Waals surface area contributed by atoms with Crippen molar-refractivity contribution in [2.45, 2.75) is 32.7 Å². The van der Waals surface area contributed by atoms with Crippen molar-refractivity contribution in [3.8, 4) is 0 Å². The van der Waals surface area contributed by atoms with Crippen LogP contribution in [0.4, 0.5) is 0 Å². The van der Waals surface area contributed by atoms with Crippen LogP contribution < -0.4 is 5.73 Å². The van der Waals surface area contributed by atoms with Gasteiger partial charge in [0.2, 0.25) is 0 Å². The molecule has 0 unspecified atom stereocenters. The maximum absolute atomic E-state index is 5.45. The van der Waals surface area contributed by atoms with Crippen molar-refractivity contribution in [3.63, 3.8) is 0 Å². The normalized spacial score (nSPS) is 13.7. The number of ether oxygens (including phenoxy) is 1. The summed E-state index contributed by atoms with van der Waals surface area (Å²) >= 11 is 0. The fraction of sp³-hybridized carbons (Fsp3) is 1.00. The van der Waals surface area contributed by atoms with Crippen molar-refractivity contribution in [1.82, 2.24) is 0 Å². The van der Waals surface area contributed by atoms with Crippen molar-refractivity contribution < 1.29 is 4.74 Å². The maximum atomic E-state index is 5.45. The summed E-state index contributed by atoms with van der Waals surface area (Å²) in [6.07, 6.45) is 2.34. The topological polar surface area (TPSA) is 35.2 Å². The van der Waals surface area contributed by atoms with Crippen LogP contribution in [0, 0.1) is 0 Å². The van der Waals surface area contributed by atoms with E-state index in [-0.39, 0.29) is 6.04 Å². The highest BCUT2D eigenvalue weighted by Crippen LogP contribution is 1.88. The van der Waals surface area contributed by atoms with Gasteiger partial charge < -0.3 is 10.5 Å². The molecule has 0 rings (SSSR count). The first kappa shape index (κ1) is 8.92. The molecule has 56 valence electrons. The number of rotatable bonds is 5. The first-order valence-electron chi connectivity index (χ1n) is 3.60. The highest BCUT2D eigenvalue weighted by molar-refractivity contribution is 4.47. The Balaban J connectivity index is 2.75. The average molecular weight is 131 g/mol. The lowest BCUT2D eigenvalue weighted by Gasteiger charge is -2.04. The van der Waals surface area contributed by atoms with Gasteiger partial charge >= 0.3 is 0 Å². The second-order valence-electron chi connectivity index (χ2n) is 2.41. The van der Waals surface area contributed by atoms with Crippen molar-refractivity contribution >= 4 is 0 Å². The molecule has 2 heteroatoms. The molecule has 0 fully saturated rings. The molecule has 0 saturated heterocycles. The van der Waals surface area contributed by atoms with E-state index in [4.69, 9.17) is 10.5 Å². The molecule has 0 radical (unpaired) electrons. The van der Waals surface area contributed by atoms with E-state index in [1.165, 1.54) is 6.42 Å². The summed E-state index contributed by atoms with van der Waals surface area (Å²) in [4.78, 5) is 0. The van der Waals surface area contributed by atoms with Gasteiger partial charge in [-0.2, -0.15) is 0 Å². The van der Waals surface area contributed by atoms with Crippen LogP contribution in [0.5, 0.6) is 0 Å². The van der Waals surface area contributed by atoms with Crippen molar-refractivity contribution in [1.29, 1.82) is 0 Å². The van der Waals surface area contributed by atoms with Crippen LogP contribution in [-0.4, -0.2) is 19.3 Å². The third kappa shape index (κ3) is 7.92. The summed E-state index contributed by atoms with van der Waals surface area (Å²) in [6, 6.07) is 0.182. The molecule has 0 aliphatic heterocycles. The van der Waals surface area contributed by atoms with Gasteiger partial charge in [0, 0.05) is 12.6 Å². The van der Waals surface area contributed by atoms with E-state index >= 15 is 0 Å². The van der Waals surface area contributed by atoms with Crippen LogP contribution in [0.15, 0.2) is 0 Å². The zero-order valence-electron chi connectivity index (χ0n) is 6.39. The second kappa shape index (κ2) is 6.05. The van der Waals surface area contributed by atoms with Gasteiger partial charge in [0.15, 0.2) is 0 Å². The van der Waals surface area contributed by atoms with Gasteiger partial charge in [0.1, 0.15) is 0 Å². The molecule has 0 aromatic heterocycles. The van der Waals surface area contributed by atoms with Crippen LogP contribution in [0.2, 0.25) is 0 Å². The molecule has 0 aromatic rings. The van der Waals surface area contributed by atoms with E-state index in [0.717, 1.165) is 13.0 Å². The predicted octanol–water partition coefficient (Wildman–Crippen LogP) is 1.15. The molecular weight excluding hydrogens is 114 g/mol. The SMILES string of the molecule is CCCCOC[C@H](C)N. The fourth-order valence-corrected chi connectivity index (χ4v) is 0.516.